The van der Waals surface area contributed by atoms with Gasteiger partial charge in [-0.3, -0.25) is 18.6 Å². The summed E-state index contributed by atoms with van der Waals surface area (Å²) in [4.78, 5) is 46.2. The standard InChI is InChI=1S/C55H108NO10P/c1-3-5-7-9-11-13-15-17-19-21-23-24-25-26-27-29-30-32-34-36-38-40-42-44-46-53(58)56-52(55(60)61)50-66-67(62,63)65-49-51(57)48-64-54(59)47-45-43-41-39-37-35-33-31-28-22-20-18-16-14-12-10-8-6-4-2/h51-52,57H,3-50H2,1-2H3,(H,56,58)(H,60,61)(H,62,63). The predicted octanol–water partition coefficient (Wildman–Crippen LogP) is 16.2. The first-order chi connectivity index (χ1) is 32.6. The largest absolute Gasteiger partial charge is 0.480 e. The molecule has 1 amide bonds. The van der Waals surface area contributed by atoms with Gasteiger partial charge in [0.05, 0.1) is 13.2 Å². The molecule has 0 aromatic carbocycles. The molecule has 0 aromatic heterocycles. The van der Waals surface area contributed by atoms with Gasteiger partial charge in [-0.15, -0.1) is 0 Å². The lowest BCUT2D eigenvalue weighted by atomic mass is 10.0. The van der Waals surface area contributed by atoms with Gasteiger partial charge in [0, 0.05) is 12.8 Å². The molecule has 0 saturated heterocycles. The number of carboxylic acid groups (broad SMARTS) is 1. The Morgan fingerprint density at radius 1 is 0.418 bits per heavy atom. The monoisotopic (exact) mass is 974 g/mol. The average Bonchev–Trinajstić information content (AvgIpc) is 3.31. The molecular weight excluding hydrogens is 866 g/mol. The molecular formula is C55H108NO10P. The van der Waals surface area contributed by atoms with Gasteiger partial charge in [0.15, 0.2) is 6.04 Å². The smallest absolute Gasteiger partial charge is 0.472 e. The van der Waals surface area contributed by atoms with Crippen LogP contribution in [0.25, 0.3) is 0 Å². The zero-order valence-corrected chi connectivity index (χ0v) is 44.6. The Bertz CT molecular complexity index is 1140. The summed E-state index contributed by atoms with van der Waals surface area (Å²) in [5.74, 6) is -2.34. The van der Waals surface area contributed by atoms with Crippen LogP contribution in [-0.2, 0) is 32.7 Å². The molecule has 0 aliphatic carbocycles. The molecule has 12 heteroatoms. The van der Waals surface area contributed by atoms with E-state index in [1.807, 2.05) is 0 Å². The number of rotatable bonds is 55. The summed E-state index contributed by atoms with van der Waals surface area (Å²) in [7, 11) is -4.76. The third-order valence-electron chi connectivity index (χ3n) is 13.1. The van der Waals surface area contributed by atoms with Crippen LogP contribution in [0.1, 0.15) is 303 Å². The number of carbonyl (C=O) groups is 3. The molecule has 0 aliphatic rings. The Morgan fingerprint density at radius 3 is 0.985 bits per heavy atom. The summed E-state index contributed by atoms with van der Waals surface area (Å²) in [5, 5.41) is 22.0. The molecule has 0 heterocycles. The number of phosphoric ester groups is 1. The third kappa shape index (κ3) is 50.7. The highest BCUT2D eigenvalue weighted by Gasteiger charge is 2.28. The van der Waals surface area contributed by atoms with E-state index in [-0.39, 0.29) is 12.8 Å². The minimum atomic E-state index is -4.76. The van der Waals surface area contributed by atoms with E-state index in [0.29, 0.717) is 12.8 Å². The van der Waals surface area contributed by atoms with Crippen LogP contribution in [0.5, 0.6) is 0 Å². The number of unbranched alkanes of at least 4 members (excludes halogenated alkanes) is 41. The first-order valence-electron chi connectivity index (χ1n) is 28.6. The zero-order valence-electron chi connectivity index (χ0n) is 43.7. The average molecular weight is 974 g/mol. The molecule has 0 fully saturated rings. The van der Waals surface area contributed by atoms with Crippen LogP contribution in [0.15, 0.2) is 0 Å². The van der Waals surface area contributed by atoms with E-state index in [2.05, 4.69) is 19.2 Å². The van der Waals surface area contributed by atoms with E-state index in [4.69, 9.17) is 13.8 Å². The van der Waals surface area contributed by atoms with E-state index in [1.54, 1.807) is 0 Å². The number of aliphatic hydroxyl groups excluding tert-OH is 1. The fourth-order valence-electron chi connectivity index (χ4n) is 8.73. The molecule has 67 heavy (non-hydrogen) atoms. The highest BCUT2D eigenvalue weighted by Crippen LogP contribution is 2.43. The molecule has 0 spiro atoms. The Morgan fingerprint density at radius 2 is 0.687 bits per heavy atom. The normalized spacial score (nSPS) is 13.4. The van der Waals surface area contributed by atoms with Crippen molar-refractivity contribution in [3.8, 4) is 0 Å². The summed E-state index contributed by atoms with van der Waals surface area (Å²) < 4.78 is 27.0. The Hall–Kier alpha value is -1.52. The number of esters is 1. The van der Waals surface area contributed by atoms with E-state index < -0.39 is 57.6 Å². The quantitative estimate of drug-likeness (QED) is 0.0261. The van der Waals surface area contributed by atoms with Gasteiger partial charge in [0.25, 0.3) is 0 Å². The summed E-state index contributed by atoms with van der Waals surface area (Å²) in [5.41, 5.74) is 0. The molecule has 3 unspecified atom stereocenters. The van der Waals surface area contributed by atoms with E-state index in [0.717, 1.165) is 38.5 Å². The SMILES string of the molecule is CCCCCCCCCCCCCCCCCCCCCCCCCCC(=O)NC(COP(=O)(O)OCC(O)COC(=O)CCCCCCCCCCCCCCCCCCCCC)C(=O)O. The lowest BCUT2D eigenvalue weighted by Gasteiger charge is -2.18. The maximum atomic E-state index is 12.4. The predicted molar refractivity (Wildman–Crippen MR) is 277 cm³/mol. The second-order valence-corrected chi connectivity index (χ2v) is 21.3. The first kappa shape index (κ1) is 65.5. The number of nitrogens with one attached hydrogen (secondary N) is 1. The second-order valence-electron chi connectivity index (χ2n) is 19.9. The highest BCUT2D eigenvalue weighted by atomic mass is 31.2. The number of aliphatic hydroxyl groups is 1. The summed E-state index contributed by atoms with van der Waals surface area (Å²) in [6, 6.07) is -1.54. The van der Waals surface area contributed by atoms with Crippen LogP contribution < -0.4 is 5.32 Å². The Labute approximate surface area is 412 Å². The van der Waals surface area contributed by atoms with Crippen molar-refractivity contribution < 1.29 is 47.8 Å². The Balaban J connectivity index is 3.73. The maximum Gasteiger partial charge on any atom is 0.472 e. The van der Waals surface area contributed by atoms with Crippen LogP contribution in [0.3, 0.4) is 0 Å². The number of hydrogen-bond donors (Lipinski definition) is 4. The molecule has 0 aliphatic heterocycles. The number of hydrogen-bond acceptors (Lipinski definition) is 8. The number of carbonyl (C=O) groups excluding carboxylic acids is 2. The molecule has 3 atom stereocenters. The first-order valence-corrected chi connectivity index (χ1v) is 30.1. The van der Waals surface area contributed by atoms with Crippen LogP contribution >= 0.6 is 7.82 Å². The van der Waals surface area contributed by atoms with Crippen molar-refractivity contribution >= 4 is 25.7 Å². The van der Waals surface area contributed by atoms with Crippen molar-refractivity contribution in [1.29, 1.82) is 0 Å². The molecule has 11 nitrogen and oxygen atoms in total. The number of aliphatic carboxylic acids is 1. The van der Waals surface area contributed by atoms with Crippen LogP contribution in [0.4, 0.5) is 0 Å². The minimum absolute atomic E-state index is 0.154. The van der Waals surface area contributed by atoms with Crippen molar-refractivity contribution in [1.82, 2.24) is 5.32 Å². The van der Waals surface area contributed by atoms with E-state index >= 15 is 0 Å². The number of phosphoric acid groups is 1. The lowest BCUT2D eigenvalue weighted by molar-refractivity contribution is -0.147. The van der Waals surface area contributed by atoms with Crippen LogP contribution in [0.2, 0.25) is 0 Å². The summed E-state index contributed by atoms with van der Waals surface area (Å²) in [6.07, 6.45) is 54.2. The van der Waals surface area contributed by atoms with Crippen molar-refractivity contribution in [2.24, 2.45) is 0 Å². The third-order valence-corrected chi connectivity index (χ3v) is 14.1. The molecule has 0 aromatic rings. The van der Waals surface area contributed by atoms with Crippen LogP contribution in [-0.4, -0.2) is 64.9 Å². The van der Waals surface area contributed by atoms with Gasteiger partial charge < -0.3 is 25.2 Å². The van der Waals surface area contributed by atoms with Crippen molar-refractivity contribution in [2.75, 3.05) is 19.8 Å². The van der Waals surface area contributed by atoms with E-state index in [1.165, 1.54) is 225 Å². The van der Waals surface area contributed by atoms with Crippen LogP contribution in [0, 0.1) is 0 Å². The van der Waals surface area contributed by atoms with Gasteiger partial charge in [0.1, 0.15) is 12.7 Å². The van der Waals surface area contributed by atoms with Gasteiger partial charge in [-0.1, -0.05) is 277 Å². The fourth-order valence-corrected chi connectivity index (χ4v) is 9.50. The zero-order chi connectivity index (χ0) is 49.2. The van der Waals surface area contributed by atoms with Crippen molar-refractivity contribution in [3.05, 3.63) is 0 Å². The molecule has 0 saturated carbocycles. The van der Waals surface area contributed by atoms with E-state index in [9.17, 15) is 34.1 Å². The lowest BCUT2D eigenvalue weighted by Crippen LogP contribution is -2.43. The molecule has 0 radical (unpaired) electrons. The second kappa shape index (κ2) is 50.9. The maximum absolute atomic E-state index is 12.4. The summed E-state index contributed by atoms with van der Waals surface area (Å²) in [6.45, 7) is 2.68. The number of carboxylic acids is 1. The van der Waals surface area contributed by atoms with Gasteiger partial charge in [-0.25, -0.2) is 9.36 Å². The fraction of sp³-hybridized carbons (Fsp3) is 0.945. The highest BCUT2D eigenvalue weighted by molar-refractivity contribution is 7.47. The number of amides is 1. The molecule has 398 valence electrons. The van der Waals surface area contributed by atoms with Gasteiger partial charge in [-0.2, -0.15) is 0 Å². The topological polar surface area (TPSA) is 169 Å². The number of ether oxygens (including phenoxy) is 1. The van der Waals surface area contributed by atoms with Crippen molar-refractivity contribution in [3.63, 3.8) is 0 Å². The molecule has 0 bridgehead atoms. The molecule has 0 rings (SSSR count). The Kier molecular flexibility index (Phi) is 49.7. The summed E-state index contributed by atoms with van der Waals surface area (Å²) >= 11 is 0. The molecule has 4 N–H and O–H groups in total. The minimum Gasteiger partial charge on any atom is -0.480 e. The van der Waals surface area contributed by atoms with Gasteiger partial charge >= 0.3 is 19.8 Å². The van der Waals surface area contributed by atoms with Gasteiger partial charge in [0.2, 0.25) is 5.91 Å². The van der Waals surface area contributed by atoms with Gasteiger partial charge in [-0.05, 0) is 12.8 Å². The van der Waals surface area contributed by atoms with Crippen molar-refractivity contribution in [2.45, 2.75) is 315 Å².